The van der Waals surface area contributed by atoms with E-state index in [1.807, 2.05) is 0 Å². The quantitative estimate of drug-likeness (QED) is 0.775. The highest BCUT2D eigenvalue weighted by Gasteiger charge is 2.22. The average molecular weight is 351 g/mol. The Morgan fingerprint density at radius 3 is 2.80 bits per heavy atom. The van der Waals surface area contributed by atoms with Crippen LogP contribution in [0.4, 0.5) is 0 Å². The summed E-state index contributed by atoms with van der Waals surface area (Å²) in [5.74, 6) is 1.01. The van der Waals surface area contributed by atoms with Crippen molar-refractivity contribution in [3.8, 4) is 0 Å². The van der Waals surface area contributed by atoms with Crippen LogP contribution in [0.25, 0.3) is 0 Å². The van der Waals surface area contributed by atoms with Gasteiger partial charge in [0.25, 0.3) is 5.91 Å². The van der Waals surface area contributed by atoms with Gasteiger partial charge < -0.3 is 19.7 Å². The molecule has 3 rings (SSSR count). The molecule has 2 heterocycles. The summed E-state index contributed by atoms with van der Waals surface area (Å²) in [6.07, 6.45) is 7.04. The number of hydrogen-bond donors (Lipinski definition) is 2. The third kappa shape index (κ3) is 5.52. The normalized spacial score (nSPS) is 21.2. The number of nitrogens with zero attached hydrogens (tertiary/aromatic N) is 2. The molecule has 7 heteroatoms. The maximum Gasteiger partial charge on any atom is 0.273 e. The van der Waals surface area contributed by atoms with Crippen LogP contribution in [0.5, 0.6) is 0 Å². The number of carbonyl (C=O) groups excluding carboxylic acids is 1. The largest absolute Gasteiger partial charge is 0.394 e. The second-order valence-corrected chi connectivity index (χ2v) is 7.16. The van der Waals surface area contributed by atoms with E-state index >= 15 is 0 Å². The Morgan fingerprint density at radius 2 is 2.08 bits per heavy atom. The molecule has 2 N–H and O–H groups in total. The van der Waals surface area contributed by atoms with Gasteiger partial charge in [-0.25, -0.2) is 0 Å². The minimum Gasteiger partial charge on any atom is -0.394 e. The molecule has 0 radical (unpaired) electrons. The maximum absolute atomic E-state index is 12.4. The fraction of sp³-hybridized carbons (Fsp3) is 0.778. The van der Waals surface area contributed by atoms with Crippen molar-refractivity contribution in [3.63, 3.8) is 0 Å². The Hall–Kier alpha value is -1.44. The molecule has 1 aromatic rings. The zero-order valence-corrected chi connectivity index (χ0v) is 14.8. The van der Waals surface area contributed by atoms with E-state index in [4.69, 9.17) is 9.26 Å². The van der Waals surface area contributed by atoms with Gasteiger partial charge in [-0.2, -0.15) is 0 Å². The molecular formula is C18H29N3O4. The van der Waals surface area contributed by atoms with Crippen LogP contribution < -0.4 is 5.32 Å². The van der Waals surface area contributed by atoms with Gasteiger partial charge in [-0.15, -0.1) is 0 Å². The number of carbonyl (C=O) groups is 1. The highest BCUT2D eigenvalue weighted by molar-refractivity contribution is 5.92. The summed E-state index contributed by atoms with van der Waals surface area (Å²) in [6.45, 7) is 3.75. The van der Waals surface area contributed by atoms with Crippen LogP contribution in [0.2, 0.25) is 0 Å². The van der Waals surface area contributed by atoms with Crippen molar-refractivity contribution in [1.29, 1.82) is 0 Å². The SMILES string of the molecule is O=C(N[C@H](CO)CC1CCCCC1)c1cc(CN2CCOCC2)on1. The van der Waals surface area contributed by atoms with E-state index in [9.17, 15) is 9.90 Å². The van der Waals surface area contributed by atoms with Crippen molar-refractivity contribution in [3.05, 3.63) is 17.5 Å². The fourth-order valence-corrected chi connectivity index (χ4v) is 3.74. The van der Waals surface area contributed by atoms with Gasteiger partial charge in [0.05, 0.1) is 32.4 Å². The highest BCUT2D eigenvalue weighted by Crippen LogP contribution is 2.27. The molecule has 140 valence electrons. The smallest absolute Gasteiger partial charge is 0.273 e. The summed E-state index contributed by atoms with van der Waals surface area (Å²) in [4.78, 5) is 14.6. The first-order valence-corrected chi connectivity index (χ1v) is 9.42. The fourth-order valence-electron chi connectivity index (χ4n) is 3.74. The van der Waals surface area contributed by atoms with E-state index in [0.717, 1.165) is 32.7 Å². The first-order chi connectivity index (χ1) is 12.2. The number of aliphatic hydroxyl groups is 1. The summed E-state index contributed by atoms with van der Waals surface area (Å²) >= 11 is 0. The predicted octanol–water partition coefficient (Wildman–Crippen LogP) is 1.57. The van der Waals surface area contributed by atoms with E-state index < -0.39 is 0 Å². The number of aromatic nitrogens is 1. The zero-order valence-electron chi connectivity index (χ0n) is 14.8. The first-order valence-electron chi connectivity index (χ1n) is 9.42. The minimum absolute atomic E-state index is 0.0409. The molecule has 0 aromatic carbocycles. The Bertz CT molecular complexity index is 536. The molecule has 1 aliphatic carbocycles. The Labute approximate surface area is 148 Å². The van der Waals surface area contributed by atoms with E-state index in [1.54, 1.807) is 6.07 Å². The van der Waals surface area contributed by atoms with Gasteiger partial charge in [0.15, 0.2) is 11.5 Å². The maximum atomic E-state index is 12.4. The number of aliphatic hydroxyl groups excluding tert-OH is 1. The lowest BCUT2D eigenvalue weighted by Gasteiger charge is -2.25. The summed E-state index contributed by atoms with van der Waals surface area (Å²) in [5.41, 5.74) is 0.283. The van der Waals surface area contributed by atoms with E-state index in [2.05, 4.69) is 15.4 Å². The standard InChI is InChI=1S/C18H29N3O4/c22-13-15(10-14-4-2-1-3-5-14)19-18(23)17-11-16(25-20-17)12-21-6-8-24-9-7-21/h11,14-15,22H,1-10,12-13H2,(H,19,23)/t15-/m0/s1. The lowest BCUT2D eigenvalue weighted by molar-refractivity contribution is 0.0305. The van der Waals surface area contributed by atoms with E-state index in [1.165, 1.54) is 32.1 Å². The second-order valence-electron chi connectivity index (χ2n) is 7.16. The van der Waals surface area contributed by atoms with Crippen LogP contribution in [-0.2, 0) is 11.3 Å². The van der Waals surface area contributed by atoms with Crippen LogP contribution in [0.3, 0.4) is 0 Å². The van der Waals surface area contributed by atoms with Crippen molar-refractivity contribution < 1.29 is 19.2 Å². The summed E-state index contributed by atoms with van der Waals surface area (Å²) in [7, 11) is 0. The van der Waals surface area contributed by atoms with Crippen molar-refractivity contribution in [1.82, 2.24) is 15.4 Å². The van der Waals surface area contributed by atoms with Crippen molar-refractivity contribution in [2.75, 3.05) is 32.9 Å². The molecule has 1 atom stereocenters. The van der Waals surface area contributed by atoms with Gasteiger partial charge in [0, 0.05) is 19.2 Å². The van der Waals surface area contributed by atoms with Gasteiger partial charge in [-0.3, -0.25) is 9.69 Å². The summed E-state index contributed by atoms with van der Waals surface area (Å²) in [5, 5.41) is 16.4. The number of hydrogen-bond acceptors (Lipinski definition) is 6. The van der Waals surface area contributed by atoms with Crippen LogP contribution in [0, 0.1) is 5.92 Å². The minimum atomic E-state index is -0.271. The second kappa shape index (κ2) is 9.31. The molecule has 0 spiro atoms. The zero-order chi connectivity index (χ0) is 17.5. The molecule has 2 aliphatic rings. The number of rotatable bonds is 7. The number of morpholine rings is 1. The van der Waals surface area contributed by atoms with E-state index in [-0.39, 0.29) is 24.2 Å². The summed E-state index contributed by atoms with van der Waals surface area (Å²) in [6, 6.07) is 1.48. The monoisotopic (exact) mass is 351 g/mol. The highest BCUT2D eigenvalue weighted by atomic mass is 16.5. The van der Waals surface area contributed by atoms with Gasteiger partial charge in [0.1, 0.15) is 0 Å². The topological polar surface area (TPSA) is 87.8 Å². The lowest BCUT2D eigenvalue weighted by Crippen LogP contribution is -2.39. The van der Waals surface area contributed by atoms with Gasteiger partial charge >= 0.3 is 0 Å². The average Bonchev–Trinajstić information content (AvgIpc) is 3.11. The molecule has 7 nitrogen and oxygen atoms in total. The van der Waals surface area contributed by atoms with Crippen molar-refractivity contribution >= 4 is 5.91 Å². The van der Waals surface area contributed by atoms with E-state index in [0.29, 0.717) is 18.2 Å². The van der Waals surface area contributed by atoms with Crippen LogP contribution in [0.15, 0.2) is 10.6 Å². The molecule has 1 aliphatic heterocycles. The molecule has 1 saturated heterocycles. The third-order valence-corrected chi connectivity index (χ3v) is 5.17. The van der Waals surface area contributed by atoms with Gasteiger partial charge in [-0.05, 0) is 12.3 Å². The lowest BCUT2D eigenvalue weighted by atomic mass is 9.85. The molecule has 25 heavy (non-hydrogen) atoms. The molecule has 1 saturated carbocycles. The first kappa shape index (κ1) is 18.4. The number of amides is 1. The molecular weight excluding hydrogens is 322 g/mol. The van der Waals surface area contributed by atoms with Crippen molar-refractivity contribution in [2.24, 2.45) is 5.92 Å². The third-order valence-electron chi connectivity index (χ3n) is 5.17. The number of nitrogens with one attached hydrogen (secondary N) is 1. The van der Waals surface area contributed by atoms with Crippen LogP contribution >= 0.6 is 0 Å². The molecule has 0 unspecified atom stereocenters. The van der Waals surface area contributed by atoms with Crippen molar-refractivity contribution in [2.45, 2.75) is 51.1 Å². The van der Waals surface area contributed by atoms with Crippen LogP contribution in [-0.4, -0.2) is 60.0 Å². The number of ether oxygens (including phenoxy) is 1. The molecule has 1 amide bonds. The Morgan fingerprint density at radius 1 is 1.32 bits per heavy atom. The van der Waals surface area contributed by atoms with Crippen LogP contribution in [0.1, 0.15) is 54.8 Å². The van der Waals surface area contributed by atoms with Gasteiger partial charge in [0.2, 0.25) is 0 Å². The molecule has 0 bridgehead atoms. The Kier molecular flexibility index (Phi) is 6.84. The molecule has 2 fully saturated rings. The van der Waals surface area contributed by atoms with Gasteiger partial charge in [-0.1, -0.05) is 37.3 Å². The molecule has 1 aromatic heterocycles. The predicted molar refractivity (Wildman–Crippen MR) is 92.1 cm³/mol. The Balaban J connectivity index is 1.49. The summed E-state index contributed by atoms with van der Waals surface area (Å²) < 4.78 is 10.6.